The van der Waals surface area contributed by atoms with Crippen LogP contribution in [0.3, 0.4) is 0 Å². The van der Waals surface area contributed by atoms with Crippen LogP contribution >= 0.6 is 11.6 Å². The van der Waals surface area contributed by atoms with E-state index in [-0.39, 0.29) is 21.3 Å². The molecule has 3 rings (SSSR count). The van der Waals surface area contributed by atoms with Gasteiger partial charge in [0.2, 0.25) is 0 Å². The number of benzene rings is 2. The van der Waals surface area contributed by atoms with Crippen LogP contribution in [0.4, 0.5) is 11.4 Å². The van der Waals surface area contributed by atoms with E-state index in [1.165, 1.54) is 36.8 Å². The smallest absolute Gasteiger partial charge is 0.275 e. The van der Waals surface area contributed by atoms with Crippen LogP contribution in [0.2, 0.25) is 5.02 Å². The molecule has 0 bridgehead atoms. The maximum atomic E-state index is 12.6. The third kappa shape index (κ3) is 4.16. The number of anilines is 2. The van der Waals surface area contributed by atoms with Crippen molar-refractivity contribution in [2.75, 3.05) is 10.0 Å². The van der Waals surface area contributed by atoms with Crippen molar-refractivity contribution in [1.82, 2.24) is 9.97 Å². The summed E-state index contributed by atoms with van der Waals surface area (Å²) in [5.41, 5.74) is 0.695. The predicted octanol–water partition coefficient (Wildman–Crippen LogP) is 3.18. The van der Waals surface area contributed by atoms with Crippen LogP contribution in [0.15, 0.2) is 72.0 Å². The largest absolute Gasteiger partial charge is 0.321 e. The molecule has 0 aliphatic carbocycles. The second-order valence-electron chi connectivity index (χ2n) is 5.16. The maximum Gasteiger partial charge on any atom is 0.275 e. The van der Waals surface area contributed by atoms with Crippen molar-refractivity contribution in [3.63, 3.8) is 0 Å². The molecule has 0 atom stereocenters. The lowest BCUT2D eigenvalue weighted by molar-refractivity contribution is 0.102. The topological polar surface area (TPSA) is 101 Å². The Labute approximate surface area is 155 Å². The van der Waals surface area contributed by atoms with Crippen molar-refractivity contribution >= 4 is 38.9 Å². The molecule has 0 fully saturated rings. The van der Waals surface area contributed by atoms with Crippen molar-refractivity contribution in [2.45, 2.75) is 4.90 Å². The molecule has 0 spiro atoms. The summed E-state index contributed by atoms with van der Waals surface area (Å²) >= 11 is 5.99. The quantitative estimate of drug-likeness (QED) is 0.699. The first-order valence-corrected chi connectivity index (χ1v) is 9.26. The Morgan fingerprint density at radius 2 is 1.85 bits per heavy atom. The SMILES string of the molecule is O=C(Nc1cccc(S(=O)(=O)Nc2ccccc2Cl)c1)c1cnccn1. The number of nitrogens with one attached hydrogen (secondary N) is 2. The molecular weight excluding hydrogens is 376 g/mol. The van der Waals surface area contributed by atoms with Crippen molar-refractivity contribution in [3.05, 3.63) is 77.8 Å². The highest BCUT2D eigenvalue weighted by atomic mass is 35.5. The summed E-state index contributed by atoms with van der Waals surface area (Å²) in [5, 5.41) is 2.87. The van der Waals surface area contributed by atoms with Gasteiger partial charge in [0.05, 0.1) is 21.8 Å². The summed E-state index contributed by atoms with van der Waals surface area (Å²) in [4.78, 5) is 19.8. The molecule has 2 N–H and O–H groups in total. The van der Waals surface area contributed by atoms with Crippen LogP contribution in [-0.2, 0) is 10.0 Å². The number of halogens is 1. The molecule has 0 aliphatic rings. The summed E-state index contributed by atoms with van der Waals surface area (Å²) in [6.45, 7) is 0. The van der Waals surface area contributed by atoms with Gasteiger partial charge in [-0.2, -0.15) is 0 Å². The third-order valence-corrected chi connectivity index (χ3v) is 5.01. The molecule has 9 heteroatoms. The summed E-state index contributed by atoms with van der Waals surface area (Å²) in [6.07, 6.45) is 4.16. The van der Waals surface area contributed by atoms with Gasteiger partial charge in [-0.05, 0) is 30.3 Å². The number of nitrogens with zero attached hydrogens (tertiary/aromatic N) is 2. The van der Waals surface area contributed by atoms with Gasteiger partial charge in [0.25, 0.3) is 15.9 Å². The molecule has 132 valence electrons. The molecule has 0 unspecified atom stereocenters. The number of hydrogen-bond donors (Lipinski definition) is 2. The Hall–Kier alpha value is -2.97. The first-order chi connectivity index (χ1) is 12.5. The molecule has 3 aromatic rings. The highest BCUT2D eigenvalue weighted by molar-refractivity contribution is 7.92. The predicted molar refractivity (Wildman–Crippen MR) is 98.7 cm³/mol. The van der Waals surface area contributed by atoms with E-state index in [2.05, 4.69) is 20.0 Å². The van der Waals surface area contributed by atoms with Crippen molar-refractivity contribution in [3.8, 4) is 0 Å². The van der Waals surface area contributed by atoms with E-state index < -0.39 is 15.9 Å². The Morgan fingerprint density at radius 3 is 2.58 bits per heavy atom. The summed E-state index contributed by atoms with van der Waals surface area (Å²) in [6, 6.07) is 12.3. The Bertz CT molecular complexity index is 1040. The molecule has 0 saturated carbocycles. The lowest BCUT2D eigenvalue weighted by atomic mass is 10.3. The third-order valence-electron chi connectivity index (χ3n) is 3.32. The molecule has 0 saturated heterocycles. The standard InChI is InChI=1S/C17H13ClN4O3S/c18-14-6-1-2-7-15(14)22-26(24,25)13-5-3-4-12(10-13)21-17(23)16-11-19-8-9-20-16/h1-11,22H,(H,21,23). The average molecular weight is 389 g/mol. The van der Waals surface area contributed by atoms with Gasteiger partial charge < -0.3 is 5.32 Å². The van der Waals surface area contributed by atoms with Crippen LogP contribution in [0, 0.1) is 0 Å². The van der Waals surface area contributed by atoms with Crippen LogP contribution in [0.25, 0.3) is 0 Å². The minimum Gasteiger partial charge on any atom is -0.321 e. The van der Waals surface area contributed by atoms with Crippen molar-refractivity contribution < 1.29 is 13.2 Å². The second-order valence-corrected chi connectivity index (χ2v) is 7.25. The van der Waals surface area contributed by atoms with Gasteiger partial charge in [-0.15, -0.1) is 0 Å². The first kappa shape index (κ1) is 17.8. The highest BCUT2D eigenvalue weighted by Crippen LogP contribution is 2.25. The zero-order chi connectivity index (χ0) is 18.6. The molecule has 0 aliphatic heterocycles. The number of rotatable bonds is 5. The maximum absolute atomic E-state index is 12.6. The normalized spacial score (nSPS) is 11.0. The van der Waals surface area contributed by atoms with E-state index in [0.29, 0.717) is 5.69 Å². The number of para-hydroxylation sites is 1. The first-order valence-electron chi connectivity index (χ1n) is 7.40. The fourth-order valence-corrected chi connectivity index (χ4v) is 3.46. The molecule has 1 aromatic heterocycles. The molecule has 2 aromatic carbocycles. The number of carbonyl (C=O) groups excluding carboxylic acids is 1. The fraction of sp³-hybridized carbons (Fsp3) is 0. The van der Waals surface area contributed by atoms with Gasteiger partial charge in [0.1, 0.15) is 5.69 Å². The lowest BCUT2D eigenvalue weighted by Gasteiger charge is -2.11. The minimum atomic E-state index is -3.87. The van der Waals surface area contributed by atoms with Crippen LogP contribution in [0.1, 0.15) is 10.5 Å². The van der Waals surface area contributed by atoms with E-state index in [0.717, 1.165) is 0 Å². The molecule has 7 nitrogen and oxygen atoms in total. The van der Waals surface area contributed by atoms with Crippen molar-refractivity contribution in [1.29, 1.82) is 0 Å². The van der Waals surface area contributed by atoms with Gasteiger partial charge in [-0.3, -0.25) is 14.5 Å². The Kier molecular flexibility index (Phi) is 5.15. The van der Waals surface area contributed by atoms with Crippen LogP contribution < -0.4 is 10.0 Å². The Balaban J connectivity index is 1.82. The zero-order valence-corrected chi connectivity index (χ0v) is 14.8. The summed E-state index contributed by atoms with van der Waals surface area (Å²) in [7, 11) is -3.87. The summed E-state index contributed by atoms with van der Waals surface area (Å²) < 4.78 is 27.5. The van der Waals surface area contributed by atoms with Crippen LogP contribution in [0.5, 0.6) is 0 Å². The number of sulfonamides is 1. The van der Waals surface area contributed by atoms with Gasteiger partial charge in [-0.25, -0.2) is 13.4 Å². The monoisotopic (exact) mass is 388 g/mol. The minimum absolute atomic E-state index is 0.0191. The molecular formula is C17H13ClN4O3S. The molecule has 1 heterocycles. The fourth-order valence-electron chi connectivity index (χ4n) is 2.10. The number of aromatic nitrogens is 2. The van der Waals surface area contributed by atoms with E-state index in [4.69, 9.17) is 11.6 Å². The van der Waals surface area contributed by atoms with Gasteiger partial charge in [-0.1, -0.05) is 29.8 Å². The average Bonchev–Trinajstić information content (AvgIpc) is 2.64. The van der Waals surface area contributed by atoms with E-state index in [1.807, 2.05) is 0 Å². The molecule has 1 amide bonds. The molecule has 0 radical (unpaired) electrons. The summed E-state index contributed by atoms with van der Waals surface area (Å²) in [5.74, 6) is -0.494. The zero-order valence-electron chi connectivity index (χ0n) is 13.3. The van der Waals surface area contributed by atoms with E-state index in [1.54, 1.807) is 30.3 Å². The van der Waals surface area contributed by atoms with Gasteiger partial charge >= 0.3 is 0 Å². The van der Waals surface area contributed by atoms with E-state index in [9.17, 15) is 13.2 Å². The highest BCUT2D eigenvalue weighted by Gasteiger charge is 2.17. The van der Waals surface area contributed by atoms with Gasteiger partial charge in [0, 0.05) is 18.1 Å². The van der Waals surface area contributed by atoms with E-state index >= 15 is 0 Å². The molecule has 26 heavy (non-hydrogen) atoms. The Morgan fingerprint density at radius 1 is 1.04 bits per heavy atom. The number of amides is 1. The number of hydrogen-bond acceptors (Lipinski definition) is 5. The van der Waals surface area contributed by atoms with Crippen LogP contribution in [-0.4, -0.2) is 24.3 Å². The second kappa shape index (κ2) is 7.51. The number of carbonyl (C=O) groups is 1. The van der Waals surface area contributed by atoms with Gasteiger partial charge in [0.15, 0.2) is 0 Å². The van der Waals surface area contributed by atoms with Crippen molar-refractivity contribution in [2.24, 2.45) is 0 Å². The lowest BCUT2D eigenvalue weighted by Crippen LogP contribution is -2.16.